The summed E-state index contributed by atoms with van der Waals surface area (Å²) < 4.78 is 0. The summed E-state index contributed by atoms with van der Waals surface area (Å²) in [5.74, 6) is 0.469. The Morgan fingerprint density at radius 1 is 1.58 bits per heavy atom. The summed E-state index contributed by atoms with van der Waals surface area (Å²) in [6.07, 6.45) is 7.94. The zero-order valence-electron chi connectivity index (χ0n) is 7.94. The minimum Gasteiger partial charge on any atom is -0.299 e. The molecule has 1 saturated carbocycles. The Morgan fingerprint density at radius 3 is 2.83 bits per heavy atom. The summed E-state index contributed by atoms with van der Waals surface area (Å²) in [7, 11) is 0. The van der Waals surface area contributed by atoms with Gasteiger partial charge in [-0.2, -0.15) is 0 Å². The first-order valence-corrected chi connectivity index (χ1v) is 4.89. The molecule has 1 atom stereocenters. The second-order valence-electron chi connectivity index (χ2n) is 3.76. The van der Waals surface area contributed by atoms with E-state index >= 15 is 0 Å². The summed E-state index contributed by atoms with van der Waals surface area (Å²) in [5, 5.41) is 0. The Balaban J connectivity index is 2.73. The van der Waals surface area contributed by atoms with Crippen LogP contribution < -0.4 is 0 Å². The van der Waals surface area contributed by atoms with Crippen LogP contribution in [-0.2, 0) is 4.79 Å². The molecule has 0 saturated heterocycles. The first-order chi connectivity index (χ1) is 5.75. The lowest BCUT2D eigenvalue weighted by molar-refractivity contribution is -0.131. The molecule has 12 heavy (non-hydrogen) atoms. The van der Waals surface area contributed by atoms with E-state index in [-0.39, 0.29) is 5.41 Å². The monoisotopic (exact) mass is 166 g/mol. The highest BCUT2D eigenvalue weighted by Gasteiger charge is 2.36. The van der Waals surface area contributed by atoms with Gasteiger partial charge in [0.05, 0.1) is 0 Å². The number of Topliss-reactive ketones (excluding diaryl/α,β-unsaturated/α-hetero) is 1. The van der Waals surface area contributed by atoms with E-state index in [9.17, 15) is 4.79 Å². The molecular formula is C11H18O. The van der Waals surface area contributed by atoms with E-state index in [2.05, 4.69) is 13.5 Å². The maximum absolute atomic E-state index is 11.7. The third-order valence-electron chi connectivity index (χ3n) is 3.11. The summed E-state index contributed by atoms with van der Waals surface area (Å²) in [5.41, 5.74) is -0.0278. The number of allylic oxidation sites excluding steroid dienone is 1. The summed E-state index contributed by atoms with van der Waals surface area (Å²) in [4.78, 5) is 11.7. The number of ketones is 1. The van der Waals surface area contributed by atoms with Crippen molar-refractivity contribution in [3.05, 3.63) is 12.7 Å². The molecule has 1 aliphatic rings. The fraction of sp³-hybridized carbons (Fsp3) is 0.727. The Bertz CT molecular complexity index is 183. The van der Waals surface area contributed by atoms with E-state index in [0.717, 1.165) is 32.1 Å². The van der Waals surface area contributed by atoms with Gasteiger partial charge in [-0.05, 0) is 25.7 Å². The predicted molar refractivity (Wildman–Crippen MR) is 51.0 cm³/mol. The number of carbonyl (C=O) groups is 1. The highest BCUT2D eigenvalue weighted by Crippen LogP contribution is 2.39. The summed E-state index contributed by atoms with van der Waals surface area (Å²) in [6.45, 7) is 5.85. The van der Waals surface area contributed by atoms with Gasteiger partial charge < -0.3 is 0 Å². The Morgan fingerprint density at radius 2 is 2.33 bits per heavy atom. The molecule has 0 radical (unpaired) electrons. The van der Waals surface area contributed by atoms with Gasteiger partial charge in [0, 0.05) is 11.8 Å². The highest BCUT2D eigenvalue weighted by molar-refractivity contribution is 5.85. The van der Waals surface area contributed by atoms with Crippen LogP contribution in [0.5, 0.6) is 0 Å². The van der Waals surface area contributed by atoms with Gasteiger partial charge >= 0.3 is 0 Å². The Hall–Kier alpha value is -0.590. The zero-order valence-corrected chi connectivity index (χ0v) is 7.94. The highest BCUT2D eigenvalue weighted by atomic mass is 16.1. The molecule has 0 aliphatic heterocycles. The van der Waals surface area contributed by atoms with Crippen LogP contribution in [-0.4, -0.2) is 5.78 Å². The van der Waals surface area contributed by atoms with Crippen LogP contribution in [0.15, 0.2) is 12.7 Å². The molecule has 0 N–H and O–H groups in total. The van der Waals surface area contributed by atoms with Gasteiger partial charge in [0.15, 0.2) is 0 Å². The van der Waals surface area contributed by atoms with Crippen molar-refractivity contribution in [2.24, 2.45) is 5.41 Å². The van der Waals surface area contributed by atoms with Crippen LogP contribution in [0.4, 0.5) is 0 Å². The molecule has 0 aromatic carbocycles. The number of rotatable bonds is 3. The van der Waals surface area contributed by atoms with Crippen molar-refractivity contribution < 1.29 is 4.79 Å². The molecule has 1 rings (SSSR count). The quantitative estimate of drug-likeness (QED) is 0.589. The van der Waals surface area contributed by atoms with Crippen molar-refractivity contribution >= 4 is 5.78 Å². The molecule has 1 heteroatoms. The second kappa shape index (κ2) is 3.88. The van der Waals surface area contributed by atoms with Crippen LogP contribution in [0.2, 0.25) is 0 Å². The third-order valence-corrected chi connectivity index (χ3v) is 3.11. The van der Waals surface area contributed by atoms with Crippen molar-refractivity contribution in [2.45, 2.75) is 45.4 Å². The van der Waals surface area contributed by atoms with Crippen molar-refractivity contribution in [3.63, 3.8) is 0 Å². The van der Waals surface area contributed by atoms with E-state index in [1.807, 2.05) is 6.08 Å². The topological polar surface area (TPSA) is 17.1 Å². The number of carbonyl (C=O) groups excluding carboxylic acids is 1. The number of hydrogen-bond acceptors (Lipinski definition) is 1. The van der Waals surface area contributed by atoms with Gasteiger partial charge in [0.25, 0.3) is 0 Å². The van der Waals surface area contributed by atoms with Gasteiger partial charge in [-0.25, -0.2) is 0 Å². The van der Waals surface area contributed by atoms with Gasteiger partial charge in [-0.15, -0.1) is 6.58 Å². The maximum atomic E-state index is 11.7. The molecule has 0 amide bonds. The van der Waals surface area contributed by atoms with E-state index in [4.69, 9.17) is 0 Å². The Labute approximate surface area is 74.9 Å². The molecule has 1 fully saturated rings. The predicted octanol–water partition coefficient (Wildman–Crippen LogP) is 3.10. The molecule has 0 aromatic rings. The standard InChI is InChI=1S/C11H18O/c1-3-8-11(4-2)9-6-5-7-10(11)12/h3H,1,4-9H2,2H3. The molecular weight excluding hydrogens is 148 g/mol. The van der Waals surface area contributed by atoms with Gasteiger partial charge in [-0.1, -0.05) is 19.4 Å². The minimum atomic E-state index is -0.0278. The average molecular weight is 166 g/mol. The largest absolute Gasteiger partial charge is 0.299 e. The van der Waals surface area contributed by atoms with Crippen molar-refractivity contribution in [3.8, 4) is 0 Å². The van der Waals surface area contributed by atoms with E-state index in [1.165, 1.54) is 6.42 Å². The fourth-order valence-corrected chi connectivity index (χ4v) is 2.16. The van der Waals surface area contributed by atoms with Gasteiger partial charge in [-0.3, -0.25) is 4.79 Å². The zero-order chi connectivity index (χ0) is 9.03. The van der Waals surface area contributed by atoms with Crippen LogP contribution in [0.25, 0.3) is 0 Å². The van der Waals surface area contributed by atoms with Crippen molar-refractivity contribution in [2.75, 3.05) is 0 Å². The molecule has 0 aromatic heterocycles. The SMILES string of the molecule is C=CCC1(CC)CCCCC1=O. The molecule has 1 aliphatic carbocycles. The number of hydrogen-bond donors (Lipinski definition) is 0. The molecule has 68 valence electrons. The fourth-order valence-electron chi connectivity index (χ4n) is 2.16. The molecule has 1 nitrogen and oxygen atoms in total. The lowest BCUT2D eigenvalue weighted by Gasteiger charge is -2.33. The van der Waals surface area contributed by atoms with Crippen LogP contribution >= 0.6 is 0 Å². The van der Waals surface area contributed by atoms with Crippen LogP contribution in [0, 0.1) is 5.41 Å². The van der Waals surface area contributed by atoms with E-state index < -0.39 is 0 Å². The lowest BCUT2D eigenvalue weighted by Crippen LogP contribution is -2.33. The molecule has 1 unspecified atom stereocenters. The summed E-state index contributed by atoms with van der Waals surface area (Å²) >= 11 is 0. The van der Waals surface area contributed by atoms with E-state index in [1.54, 1.807) is 0 Å². The first kappa shape index (κ1) is 9.50. The molecule has 0 spiro atoms. The van der Waals surface area contributed by atoms with Crippen LogP contribution in [0.3, 0.4) is 0 Å². The molecule has 0 bridgehead atoms. The van der Waals surface area contributed by atoms with Crippen molar-refractivity contribution in [1.82, 2.24) is 0 Å². The second-order valence-corrected chi connectivity index (χ2v) is 3.76. The molecule has 0 heterocycles. The van der Waals surface area contributed by atoms with Gasteiger partial charge in [0.2, 0.25) is 0 Å². The maximum Gasteiger partial charge on any atom is 0.139 e. The van der Waals surface area contributed by atoms with E-state index in [0.29, 0.717) is 5.78 Å². The smallest absolute Gasteiger partial charge is 0.139 e. The average Bonchev–Trinajstić information content (AvgIpc) is 2.10. The van der Waals surface area contributed by atoms with Crippen LogP contribution in [0.1, 0.15) is 45.4 Å². The normalized spacial score (nSPS) is 30.2. The summed E-state index contributed by atoms with van der Waals surface area (Å²) in [6, 6.07) is 0. The Kier molecular flexibility index (Phi) is 3.07. The van der Waals surface area contributed by atoms with Crippen molar-refractivity contribution in [1.29, 1.82) is 0 Å². The third kappa shape index (κ3) is 1.60. The first-order valence-electron chi connectivity index (χ1n) is 4.89. The minimum absolute atomic E-state index is 0.0278. The lowest BCUT2D eigenvalue weighted by atomic mass is 9.69. The van der Waals surface area contributed by atoms with Gasteiger partial charge in [0.1, 0.15) is 5.78 Å².